The molecule has 0 bridgehead atoms. The molecule has 3 N–H and O–H groups in total. The first-order valence-electron chi connectivity index (χ1n) is 8.47. The molecule has 5 heteroatoms. The van der Waals surface area contributed by atoms with Gasteiger partial charge in [0, 0.05) is 5.02 Å². The molecule has 0 atom stereocenters. The lowest BCUT2D eigenvalue weighted by atomic mass is 9.89. The van der Waals surface area contributed by atoms with Gasteiger partial charge in [0.1, 0.15) is 0 Å². The van der Waals surface area contributed by atoms with Crippen molar-refractivity contribution < 1.29 is 5.11 Å². The van der Waals surface area contributed by atoms with Crippen LogP contribution < -0.4 is 16.0 Å². The second-order valence-electron chi connectivity index (χ2n) is 6.89. The van der Waals surface area contributed by atoms with Gasteiger partial charge in [-0.05, 0) is 66.9 Å². The van der Waals surface area contributed by atoms with E-state index in [1.807, 2.05) is 73.5 Å². The Kier molecular flexibility index (Phi) is 4.11. The van der Waals surface area contributed by atoms with E-state index < -0.39 is 5.60 Å². The van der Waals surface area contributed by atoms with E-state index in [9.17, 15) is 5.11 Å². The molecule has 26 heavy (non-hydrogen) atoms. The van der Waals surface area contributed by atoms with Crippen molar-refractivity contribution >= 4 is 28.7 Å². The highest BCUT2D eigenvalue weighted by atomic mass is 35.5. The van der Waals surface area contributed by atoms with Crippen LogP contribution in [0.4, 0.5) is 17.1 Å². The third kappa shape index (κ3) is 3.03. The minimum Gasteiger partial charge on any atom is -0.386 e. The van der Waals surface area contributed by atoms with Crippen LogP contribution in [0.2, 0.25) is 5.02 Å². The van der Waals surface area contributed by atoms with Crippen LogP contribution >= 0.6 is 11.6 Å². The molecule has 0 saturated carbocycles. The van der Waals surface area contributed by atoms with E-state index in [1.165, 1.54) is 0 Å². The van der Waals surface area contributed by atoms with Crippen LogP contribution in [0, 0.1) is 0 Å². The van der Waals surface area contributed by atoms with Crippen molar-refractivity contribution in [2.45, 2.75) is 19.4 Å². The Morgan fingerprint density at radius 1 is 0.962 bits per heavy atom. The number of benzene rings is 3. The van der Waals surface area contributed by atoms with Gasteiger partial charge in [0.2, 0.25) is 0 Å². The summed E-state index contributed by atoms with van der Waals surface area (Å²) in [6.07, 6.45) is 0. The fraction of sp³-hybridized carbons (Fsp3) is 0.143. The van der Waals surface area contributed by atoms with Crippen LogP contribution in [0.5, 0.6) is 0 Å². The van der Waals surface area contributed by atoms with Crippen LogP contribution in [0.25, 0.3) is 11.1 Å². The number of hydrogen-bond donors (Lipinski definition) is 3. The molecule has 4 nitrogen and oxygen atoms in total. The fourth-order valence-corrected chi connectivity index (χ4v) is 3.35. The molecule has 0 amide bonds. The molecule has 0 aromatic heterocycles. The third-order valence-electron chi connectivity index (χ3n) is 4.52. The van der Waals surface area contributed by atoms with Crippen molar-refractivity contribution in [3.05, 3.63) is 77.3 Å². The summed E-state index contributed by atoms with van der Waals surface area (Å²) in [5.41, 5.74) is 11.4. The minimum absolute atomic E-state index is 0.703. The number of fused-ring (bicyclic) bond motifs is 1. The summed E-state index contributed by atoms with van der Waals surface area (Å²) in [6.45, 7) is 3.62. The maximum Gasteiger partial charge on any atom is 0.0847 e. The van der Waals surface area contributed by atoms with Gasteiger partial charge < -0.3 is 10.5 Å². The topological polar surface area (TPSA) is 47.5 Å². The Labute approximate surface area is 158 Å². The number of rotatable bonds is 3. The van der Waals surface area contributed by atoms with Crippen LogP contribution in [0.3, 0.4) is 0 Å². The third-order valence-corrected chi connectivity index (χ3v) is 4.78. The molecule has 1 heterocycles. The quantitative estimate of drug-likeness (QED) is 0.595. The molecule has 3 aromatic carbocycles. The van der Waals surface area contributed by atoms with Crippen LogP contribution in [0.1, 0.15) is 19.4 Å². The molecule has 0 spiro atoms. The first-order valence-corrected chi connectivity index (χ1v) is 8.85. The van der Waals surface area contributed by atoms with Gasteiger partial charge in [0.05, 0.1) is 22.7 Å². The lowest BCUT2D eigenvalue weighted by molar-refractivity contribution is 0.0792. The zero-order valence-electron chi connectivity index (χ0n) is 14.6. The molecule has 0 saturated heterocycles. The van der Waals surface area contributed by atoms with E-state index in [0.717, 1.165) is 33.8 Å². The standard InChI is InChI=1S/C21H20ClN3O/c1-21(2,26)18-6-4-3-5-17(18)14-7-12-19-20(13-14)25(24-23-19)16-10-8-15(22)9-11-16/h3-13,23-24,26H,1-2H3. The van der Waals surface area contributed by atoms with Gasteiger partial charge in [-0.15, -0.1) is 5.53 Å². The number of aliphatic hydroxyl groups is 1. The Hall–Kier alpha value is -2.53. The Morgan fingerprint density at radius 2 is 1.69 bits per heavy atom. The van der Waals surface area contributed by atoms with E-state index in [4.69, 9.17) is 11.6 Å². The second-order valence-corrected chi connectivity index (χ2v) is 7.32. The summed E-state index contributed by atoms with van der Waals surface area (Å²) in [4.78, 5) is 0. The average molecular weight is 366 g/mol. The maximum atomic E-state index is 10.5. The van der Waals surface area contributed by atoms with Gasteiger partial charge in [0.25, 0.3) is 0 Å². The number of hydrazine groups is 2. The normalized spacial score (nSPS) is 13.5. The lowest BCUT2D eigenvalue weighted by Gasteiger charge is -2.22. The van der Waals surface area contributed by atoms with Crippen molar-refractivity contribution in [3.8, 4) is 11.1 Å². The van der Waals surface area contributed by atoms with Gasteiger partial charge in [-0.1, -0.05) is 41.9 Å². The first kappa shape index (κ1) is 16.9. The summed E-state index contributed by atoms with van der Waals surface area (Å²) in [5.74, 6) is 0. The fourth-order valence-electron chi connectivity index (χ4n) is 3.23. The first-order chi connectivity index (χ1) is 12.4. The molecule has 0 radical (unpaired) electrons. The number of hydrogen-bond acceptors (Lipinski definition) is 4. The molecule has 1 aliphatic rings. The highest BCUT2D eigenvalue weighted by Gasteiger charge is 2.24. The molecule has 1 aliphatic heterocycles. The molecule has 3 aromatic rings. The van der Waals surface area contributed by atoms with Crippen molar-refractivity contribution in [1.29, 1.82) is 0 Å². The van der Waals surface area contributed by atoms with Crippen LogP contribution in [0.15, 0.2) is 66.7 Å². The van der Waals surface area contributed by atoms with E-state index >= 15 is 0 Å². The molecular weight excluding hydrogens is 346 g/mol. The SMILES string of the molecule is CC(C)(O)c1ccccc1-c1ccc2c(c1)N(c1ccc(Cl)cc1)NN2. The summed E-state index contributed by atoms with van der Waals surface area (Å²) in [5, 5.41) is 13.2. The predicted octanol–water partition coefficient (Wildman–Crippen LogP) is 5.22. The van der Waals surface area contributed by atoms with Gasteiger partial charge in [-0.3, -0.25) is 5.01 Å². The van der Waals surface area contributed by atoms with Gasteiger partial charge >= 0.3 is 0 Å². The Morgan fingerprint density at radius 3 is 2.42 bits per heavy atom. The molecule has 0 fully saturated rings. The number of halogens is 1. The largest absolute Gasteiger partial charge is 0.386 e. The van der Waals surface area contributed by atoms with Gasteiger partial charge in [-0.25, -0.2) is 0 Å². The number of anilines is 3. The summed E-state index contributed by atoms with van der Waals surface area (Å²) in [7, 11) is 0. The predicted molar refractivity (Wildman–Crippen MR) is 107 cm³/mol. The lowest BCUT2D eigenvalue weighted by Crippen LogP contribution is -2.31. The average Bonchev–Trinajstić information content (AvgIpc) is 3.05. The van der Waals surface area contributed by atoms with Crippen LogP contribution in [-0.4, -0.2) is 5.11 Å². The number of nitrogens with one attached hydrogen (secondary N) is 2. The minimum atomic E-state index is -0.915. The molecule has 0 unspecified atom stereocenters. The molecule has 0 aliphatic carbocycles. The van der Waals surface area contributed by atoms with Crippen molar-refractivity contribution in [2.75, 3.05) is 10.4 Å². The van der Waals surface area contributed by atoms with E-state index in [2.05, 4.69) is 23.1 Å². The van der Waals surface area contributed by atoms with Crippen molar-refractivity contribution in [1.82, 2.24) is 5.53 Å². The number of nitrogens with zero attached hydrogens (tertiary/aromatic N) is 1. The molecule has 132 valence electrons. The monoisotopic (exact) mass is 365 g/mol. The van der Waals surface area contributed by atoms with Gasteiger partial charge in [-0.2, -0.15) is 0 Å². The highest BCUT2D eigenvalue weighted by molar-refractivity contribution is 6.30. The summed E-state index contributed by atoms with van der Waals surface area (Å²) >= 11 is 6.01. The molecular formula is C21H20ClN3O. The smallest absolute Gasteiger partial charge is 0.0847 e. The Balaban J connectivity index is 1.79. The van der Waals surface area contributed by atoms with E-state index in [1.54, 1.807) is 0 Å². The zero-order chi connectivity index (χ0) is 18.3. The Bertz CT molecular complexity index is 948. The highest BCUT2D eigenvalue weighted by Crippen LogP contribution is 2.40. The summed E-state index contributed by atoms with van der Waals surface area (Å²) in [6, 6.07) is 21.8. The van der Waals surface area contributed by atoms with Crippen molar-refractivity contribution in [3.63, 3.8) is 0 Å². The van der Waals surface area contributed by atoms with E-state index in [-0.39, 0.29) is 0 Å². The van der Waals surface area contributed by atoms with Gasteiger partial charge in [0.15, 0.2) is 0 Å². The molecule has 4 rings (SSSR count). The van der Waals surface area contributed by atoms with Crippen molar-refractivity contribution in [2.24, 2.45) is 0 Å². The van der Waals surface area contributed by atoms with Crippen LogP contribution in [-0.2, 0) is 5.60 Å². The zero-order valence-corrected chi connectivity index (χ0v) is 15.4. The van der Waals surface area contributed by atoms with E-state index in [0.29, 0.717) is 5.02 Å². The second kappa shape index (κ2) is 6.32. The summed E-state index contributed by atoms with van der Waals surface area (Å²) < 4.78 is 0. The maximum absolute atomic E-state index is 10.5.